The van der Waals surface area contributed by atoms with Gasteiger partial charge in [-0.25, -0.2) is 9.37 Å². The number of pyridine rings is 1. The van der Waals surface area contributed by atoms with Gasteiger partial charge in [-0.05, 0) is 37.1 Å². The zero-order chi connectivity index (χ0) is 14.9. The molecule has 0 saturated carbocycles. The monoisotopic (exact) mass is 312 g/mol. The van der Waals surface area contributed by atoms with Crippen molar-refractivity contribution in [3.8, 4) is 0 Å². The van der Waals surface area contributed by atoms with Gasteiger partial charge < -0.3 is 5.32 Å². The molecule has 0 bridgehead atoms. The molecule has 0 saturated heterocycles. The number of nitrogens with one attached hydrogen (secondary N) is 1. The maximum Gasteiger partial charge on any atom is 0.258 e. The molecule has 6 heteroatoms. The highest BCUT2D eigenvalue weighted by molar-refractivity contribution is 6.35. The minimum absolute atomic E-state index is 0.0607. The van der Waals surface area contributed by atoms with E-state index in [-0.39, 0.29) is 15.9 Å². The zero-order valence-corrected chi connectivity index (χ0v) is 12.3. The Kier molecular flexibility index (Phi) is 4.26. The summed E-state index contributed by atoms with van der Waals surface area (Å²) >= 11 is 11.3. The highest BCUT2D eigenvalue weighted by Gasteiger charge is 2.16. The first-order valence-electron chi connectivity index (χ1n) is 5.78. The molecule has 20 heavy (non-hydrogen) atoms. The van der Waals surface area contributed by atoms with Crippen molar-refractivity contribution in [3.63, 3.8) is 0 Å². The first-order valence-corrected chi connectivity index (χ1v) is 6.54. The van der Waals surface area contributed by atoms with Crippen molar-refractivity contribution in [2.45, 2.75) is 13.8 Å². The molecule has 0 fully saturated rings. The lowest BCUT2D eigenvalue weighted by Gasteiger charge is -2.10. The van der Waals surface area contributed by atoms with Crippen molar-refractivity contribution in [2.75, 3.05) is 5.32 Å². The van der Waals surface area contributed by atoms with Crippen LogP contribution in [0.15, 0.2) is 24.3 Å². The number of benzene rings is 1. The molecule has 3 nitrogen and oxygen atoms in total. The fraction of sp³-hybridized carbons (Fsp3) is 0.143. The Labute approximate surface area is 125 Å². The fourth-order valence-electron chi connectivity index (χ4n) is 1.67. The third-order valence-electron chi connectivity index (χ3n) is 2.77. The normalized spacial score (nSPS) is 10.4. The second kappa shape index (κ2) is 5.77. The van der Waals surface area contributed by atoms with E-state index in [2.05, 4.69) is 10.3 Å². The third kappa shape index (κ3) is 3.08. The summed E-state index contributed by atoms with van der Waals surface area (Å²) in [5.41, 5.74) is 2.47. The van der Waals surface area contributed by atoms with Crippen molar-refractivity contribution in [1.82, 2.24) is 4.98 Å². The summed E-state index contributed by atoms with van der Waals surface area (Å²) in [6, 6.07) is 6.60. The van der Waals surface area contributed by atoms with Gasteiger partial charge in [0.2, 0.25) is 0 Å². The number of nitrogens with zero attached hydrogens (tertiary/aromatic N) is 1. The van der Waals surface area contributed by atoms with Crippen LogP contribution in [0.3, 0.4) is 0 Å². The predicted octanol–water partition coefficient (Wildman–Crippen LogP) is 4.40. The zero-order valence-electron chi connectivity index (χ0n) is 10.8. The summed E-state index contributed by atoms with van der Waals surface area (Å²) in [6.45, 7) is 3.77. The maximum atomic E-state index is 13.4. The van der Waals surface area contributed by atoms with Crippen LogP contribution >= 0.6 is 23.2 Å². The van der Waals surface area contributed by atoms with Gasteiger partial charge in [-0.1, -0.05) is 35.3 Å². The summed E-state index contributed by atoms with van der Waals surface area (Å²) in [5.74, 6) is -1.33. The highest BCUT2D eigenvalue weighted by Crippen LogP contribution is 2.23. The van der Waals surface area contributed by atoms with E-state index in [9.17, 15) is 9.18 Å². The Morgan fingerprint density at radius 2 is 1.90 bits per heavy atom. The lowest BCUT2D eigenvalue weighted by Crippen LogP contribution is -2.14. The summed E-state index contributed by atoms with van der Waals surface area (Å²) in [7, 11) is 0. The van der Waals surface area contributed by atoms with E-state index in [1.54, 1.807) is 0 Å². The van der Waals surface area contributed by atoms with Crippen molar-refractivity contribution in [1.29, 1.82) is 0 Å². The fourth-order valence-corrected chi connectivity index (χ4v) is 2.07. The molecule has 2 rings (SSSR count). The number of aromatic nitrogens is 1. The van der Waals surface area contributed by atoms with E-state index in [4.69, 9.17) is 23.2 Å². The van der Waals surface area contributed by atoms with Crippen molar-refractivity contribution in [3.05, 3.63) is 57.1 Å². The van der Waals surface area contributed by atoms with Crippen molar-refractivity contribution in [2.24, 2.45) is 0 Å². The molecule has 104 valence electrons. The minimum Gasteiger partial charge on any atom is -0.322 e. The van der Waals surface area contributed by atoms with E-state index in [0.29, 0.717) is 5.69 Å². The number of amides is 1. The van der Waals surface area contributed by atoms with Gasteiger partial charge >= 0.3 is 0 Å². The molecule has 0 spiro atoms. The van der Waals surface area contributed by atoms with Gasteiger partial charge in [0.05, 0.1) is 5.56 Å². The molecule has 0 aliphatic heterocycles. The first kappa shape index (κ1) is 14.8. The van der Waals surface area contributed by atoms with Crippen LogP contribution in [0.2, 0.25) is 10.3 Å². The third-order valence-corrected chi connectivity index (χ3v) is 3.33. The molecular weight excluding hydrogens is 302 g/mol. The molecule has 2 aromatic rings. The van der Waals surface area contributed by atoms with Crippen molar-refractivity contribution >= 4 is 34.8 Å². The van der Waals surface area contributed by atoms with Gasteiger partial charge in [0.25, 0.3) is 5.91 Å². The van der Waals surface area contributed by atoms with E-state index in [1.807, 2.05) is 32.0 Å². The second-order valence-corrected chi connectivity index (χ2v) is 5.09. The molecule has 1 aromatic carbocycles. The van der Waals surface area contributed by atoms with Gasteiger partial charge in [-0.15, -0.1) is 0 Å². The van der Waals surface area contributed by atoms with Gasteiger partial charge in [0.1, 0.15) is 5.15 Å². The largest absolute Gasteiger partial charge is 0.322 e. The van der Waals surface area contributed by atoms with Crippen LogP contribution in [0.25, 0.3) is 0 Å². The van der Waals surface area contributed by atoms with E-state index in [0.717, 1.165) is 17.2 Å². The van der Waals surface area contributed by atoms with Crippen LogP contribution in [0, 0.1) is 19.7 Å². The van der Waals surface area contributed by atoms with Crippen LogP contribution in [0.5, 0.6) is 0 Å². The molecule has 0 aliphatic carbocycles. The average Bonchev–Trinajstić information content (AvgIpc) is 2.38. The number of carbonyl (C=O) groups is 1. The number of halogens is 3. The summed E-state index contributed by atoms with van der Waals surface area (Å²) in [6.07, 6.45) is 0. The van der Waals surface area contributed by atoms with Crippen LogP contribution < -0.4 is 5.32 Å². The minimum atomic E-state index is -0.790. The molecular formula is C14H11Cl2FN2O. The Balaban J connectivity index is 2.33. The maximum absolute atomic E-state index is 13.4. The van der Waals surface area contributed by atoms with Crippen LogP contribution in [-0.2, 0) is 0 Å². The number of anilines is 1. The molecule has 0 radical (unpaired) electrons. The Hall–Kier alpha value is -1.65. The standard InChI is InChI=1S/C14H11Cl2FN2O/c1-7-3-4-8(2)11(5-7)18-14(20)9-6-10(17)13(16)19-12(9)15/h3-6H,1-2H3,(H,18,20). The van der Waals surface area contributed by atoms with Crippen LogP contribution in [0.1, 0.15) is 21.5 Å². The first-order chi connectivity index (χ1) is 9.38. The van der Waals surface area contributed by atoms with Crippen LogP contribution in [-0.4, -0.2) is 10.9 Å². The molecule has 0 aliphatic rings. The lowest BCUT2D eigenvalue weighted by atomic mass is 10.1. The smallest absolute Gasteiger partial charge is 0.258 e. The Bertz CT molecular complexity index is 689. The molecule has 0 unspecified atom stereocenters. The predicted molar refractivity (Wildman–Crippen MR) is 78.1 cm³/mol. The summed E-state index contributed by atoms with van der Waals surface area (Å²) < 4.78 is 13.4. The van der Waals surface area contributed by atoms with Gasteiger partial charge in [0, 0.05) is 5.69 Å². The average molecular weight is 313 g/mol. The quantitative estimate of drug-likeness (QED) is 0.835. The number of rotatable bonds is 2. The van der Waals surface area contributed by atoms with E-state index < -0.39 is 11.7 Å². The topological polar surface area (TPSA) is 42.0 Å². The summed E-state index contributed by atoms with van der Waals surface area (Å²) in [5, 5.41) is 2.18. The number of carbonyl (C=O) groups excluding carboxylic acids is 1. The molecule has 1 aromatic heterocycles. The molecule has 1 N–H and O–H groups in total. The second-order valence-electron chi connectivity index (χ2n) is 4.37. The molecule has 1 heterocycles. The van der Waals surface area contributed by atoms with Crippen LogP contribution in [0.4, 0.5) is 10.1 Å². The SMILES string of the molecule is Cc1ccc(C)c(NC(=O)c2cc(F)c(Cl)nc2Cl)c1. The number of aryl methyl sites for hydroxylation is 2. The molecule has 0 atom stereocenters. The number of hydrogen-bond acceptors (Lipinski definition) is 2. The van der Waals surface area contributed by atoms with Gasteiger partial charge in [-0.2, -0.15) is 0 Å². The van der Waals surface area contributed by atoms with E-state index >= 15 is 0 Å². The van der Waals surface area contributed by atoms with E-state index in [1.165, 1.54) is 0 Å². The Morgan fingerprint density at radius 3 is 2.60 bits per heavy atom. The number of hydrogen-bond donors (Lipinski definition) is 1. The van der Waals surface area contributed by atoms with Crippen molar-refractivity contribution < 1.29 is 9.18 Å². The molecule has 1 amide bonds. The highest BCUT2D eigenvalue weighted by atomic mass is 35.5. The van der Waals surface area contributed by atoms with Gasteiger partial charge in [0.15, 0.2) is 11.0 Å². The summed E-state index contributed by atoms with van der Waals surface area (Å²) in [4.78, 5) is 15.7. The Morgan fingerprint density at radius 1 is 1.20 bits per heavy atom. The van der Waals surface area contributed by atoms with Gasteiger partial charge in [-0.3, -0.25) is 4.79 Å². The lowest BCUT2D eigenvalue weighted by molar-refractivity contribution is 0.102.